The van der Waals surface area contributed by atoms with Crippen LogP contribution in [0.3, 0.4) is 0 Å². The summed E-state index contributed by atoms with van der Waals surface area (Å²) in [4.78, 5) is 64.6. The molecule has 0 bridgehead atoms. The second-order valence-electron chi connectivity index (χ2n) is 13.5. The van der Waals surface area contributed by atoms with Crippen LogP contribution in [0.2, 0.25) is 0 Å². The van der Waals surface area contributed by atoms with Gasteiger partial charge in [-0.05, 0) is 69.7 Å². The zero-order valence-corrected chi connectivity index (χ0v) is 29.2. The lowest BCUT2D eigenvalue weighted by atomic mass is 10.0. The van der Waals surface area contributed by atoms with Crippen molar-refractivity contribution in [2.24, 2.45) is 5.73 Å². The van der Waals surface area contributed by atoms with Gasteiger partial charge in [0.15, 0.2) is 11.6 Å². The van der Waals surface area contributed by atoms with Gasteiger partial charge in [-0.25, -0.2) is 9.97 Å². The molecule has 4 N–H and O–H groups in total. The molecule has 4 aromatic carbocycles. The summed E-state index contributed by atoms with van der Waals surface area (Å²) in [6.45, 7) is 3.86. The minimum atomic E-state index is -0.208. The van der Waals surface area contributed by atoms with Gasteiger partial charge in [0.1, 0.15) is 0 Å². The molecule has 0 unspecified atom stereocenters. The lowest BCUT2D eigenvalue weighted by Gasteiger charge is -2.22. The topological polar surface area (TPSA) is 147 Å². The van der Waals surface area contributed by atoms with E-state index >= 15 is 0 Å². The van der Waals surface area contributed by atoms with Gasteiger partial charge in [0, 0.05) is 57.2 Å². The first-order valence-corrected chi connectivity index (χ1v) is 18.1. The largest absolute Gasteiger partial charge is 0.352 e. The van der Waals surface area contributed by atoms with Crippen molar-refractivity contribution in [1.29, 1.82) is 0 Å². The Morgan fingerprint density at radius 1 is 0.547 bits per heavy atom. The molecule has 2 aliphatic carbocycles. The van der Waals surface area contributed by atoms with Crippen LogP contribution < -0.4 is 16.4 Å². The van der Waals surface area contributed by atoms with Crippen molar-refractivity contribution in [2.45, 2.75) is 19.3 Å². The zero-order valence-electron chi connectivity index (χ0n) is 29.2. The van der Waals surface area contributed by atoms with E-state index in [1.165, 1.54) is 0 Å². The monoisotopic (exact) mass is 702 g/mol. The van der Waals surface area contributed by atoms with Crippen LogP contribution in [0, 0.1) is 0 Å². The van der Waals surface area contributed by atoms with E-state index in [1.54, 1.807) is 12.1 Å². The minimum Gasteiger partial charge on any atom is -0.352 e. The maximum atomic E-state index is 13.4. The summed E-state index contributed by atoms with van der Waals surface area (Å²) in [6, 6.07) is 29.4. The molecule has 0 atom stereocenters. The number of carbonyl (C=O) groups is 4. The van der Waals surface area contributed by atoms with Crippen LogP contribution in [0.5, 0.6) is 0 Å². The van der Waals surface area contributed by atoms with E-state index in [0.717, 1.165) is 60.8 Å². The normalized spacial score (nSPS) is 12.6. The Balaban J connectivity index is 0.862. The van der Waals surface area contributed by atoms with Crippen molar-refractivity contribution in [2.75, 3.05) is 39.3 Å². The van der Waals surface area contributed by atoms with E-state index in [4.69, 9.17) is 15.7 Å². The number of amides is 2. The van der Waals surface area contributed by atoms with Crippen LogP contribution in [0.25, 0.3) is 44.3 Å². The molecule has 2 heterocycles. The third kappa shape index (κ3) is 6.36. The van der Waals surface area contributed by atoms with Crippen LogP contribution in [0.4, 0.5) is 0 Å². The van der Waals surface area contributed by atoms with Gasteiger partial charge in [0.25, 0.3) is 11.8 Å². The Kier molecular flexibility index (Phi) is 9.30. The highest BCUT2D eigenvalue weighted by atomic mass is 16.2. The Morgan fingerprint density at radius 2 is 0.981 bits per heavy atom. The molecule has 10 nitrogen and oxygen atoms in total. The molecule has 0 aliphatic heterocycles. The second-order valence-corrected chi connectivity index (χ2v) is 13.5. The number of fused-ring (bicyclic) bond motifs is 8. The molecule has 0 radical (unpaired) electrons. The van der Waals surface area contributed by atoms with E-state index < -0.39 is 0 Å². The van der Waals surface area contributed by atoms with Gasteiger partial charge in [-0.15, -0.1) is 0 Å². The Morgan fingerprint density at radius 3 is 1.43 bits per heavy atom. The maximum absolute atomic E-state index is 13.4. The predicted octanol–water partition coefficient (Wildman–Crippen LogP) is 5.80. The van der Waals surface area contributed by atoms with Gasteiger partial charge in [0.2, 0.25) is 0 Å². The number of benzene rings is 4. The van der Waals surface area contributed by atoms with Crippen LogP contribution in [0.1, 0.15) is 71.8 Å². The van der Waals surface area contributed by atoms with Gasteiger partial charge in [-0.2, -0.15) is 0 Å². The lowest BCUT2D eigenvalue weighted by molar-refractivity contribution is 0.0947. The number of hydrogen-bond acceptors (Lipinski definition) is 8. The number of rotatable bonds is 13. The average Bonchev–Trinajstić information content (AvgIpc) is 3.63. The lowest BCUT2D eigenvalue weighted by Crippen LogP contribution is -2.34. The first-order chi connectivity index (χ1) is 25.9. The molecule has 0 saturated heterocycles. The fraction of sp³-hybridized carbons (Fsp3) is 0.209. The Bertz CT molecular complexity index is 2290. The van der Waals surface area contributed by atoms with E-state index in [1.807, 2.05) is 84.9 Å². The van der Waals surface area contributed by atoms with E-state index in [9.17, 15) is 19.2 Å². The van der Waals surface area contributed by atoms with Gasteiger partial charge in [-0.1, -0.05) is 72.8 Å². The van der Waals surface area contributed by atoms with Crippen molar-refractivity contribution in [3.05, 3.63) is 130 Å². The molecule has 2 aromatic heterocycles. The second kappa shape index (κ2) is 14.5. The smallest absolute Gasteiger partial charge is 0.253 e. The number of nitrogens with one attached hydrogen (secondary N) is 2. The fourth-order valence-corrected chi connectivity index (χ4v) is 7.44. The molecular weight excluding hydrogens is 665 g/mol. The highest BCUT2D eigenvalue weighted by molar-refractivity contribution is 6.23. The number of carbonyl (C=O) groups excluding carboxylic acids is 4. The number of pyridine rings is 2. The molecule has 0 fully saturated rings. The molecule has 264 valence electrons. The summed E-state index contributed by atoms with van der Waals surface area (Å²) in [5.74, 6) is -0.503. The summed E-state index contributed by atoms with van der Waals surface area (Å²) in [6.07, 6.45) is 2.31. The Hall–Kier alpha value is -6.10. The number of ketones is 2. The highest BCUT2D eigenvalue weighted by Crippen LogP contribution is 2.38. The van der Waals surface area contributed by atoms with Crippen molar-refractivity contribution < 1.29 is 19.2 Å². The number of aromatic nitrogens is 2. The van der Waals surface area contributed by atoms with Gasteiger partial charge >= 0.3 is 0 Å². The molecule has 8 rings (SSSR count). The average molecular weight is 703 g/mol. The predicted molar refractivity (Wildman–Crippen MR) is 205 cm³/mol. The molecule has 2 amide bonds. The van der Waals surface area contributed by atoms with Crippen molar-refractivity contribution in [1.82, 2.24) is 25.5 Å². The van der Waals surface area contributed by atoms with E-state index in [0.29, 0.717) is 75.4 Å². The first kappa shape index (κ1) is 34.0. The number of hydrogen-bond donors (Lipinski definition) is 3. The number of para-hydroxylation sites is 2. The molecule has 0 spiro atoms. The van der Waals surface area contributed by atoms with Crippen LogP contribution >= 0.6 is 0 Å². The number of nitrogens with zero attached hydrogens (tertiary/aromatic N) is 3. The van der Waals surface area contributed by atoms with Gasteiger partial charge in [0.05, 0.1) is 33.5 Å². The Labute approximate surface area is 306 Å². The van der Waals surface area contributed by atoms with Crippen LogP contribution in [0.15, 0.2) is 97.1 Å². The van der Waals surface area contributed by atoms with Crippen LogP contribution in [-0.4, -0.2) is 77.5 Å². The van der Waals surface area contributed by atoms with Crippen molar-refractivity contribution in [3.63, 3.8) is 0 Å². The minimum absolute atomic E-state index is 0.0439. The summed E-state index contributed by atoms with van der Waals surface area (Å²) < 4.78 is 0. The third-order valence-electron chi connectivity index (χ3n) is 10.1. The summed E-state index contributed by atoms with van der Waals surface area (Å²) in [5, 5.41) is 7.62. The summed E-state index contributed by atoms with van der Waals surface area (Å²) >= 11 is 0. The maximum Gasteiger partial charge on any atom is 0.253 e. The fourth-order valence-electron chi connectivity index (χ4n) is 7.44. The number of nitrogens with two attached hydrogens (primary N) is 1. The zero-order chi connectivity index (χ0) is 36.5. The third-order valence-corrected chi connectivity index (χ3v) is 10.1. The van der Waals surface area contributed by atoms with Crippen LogP contribution in [-0.2, 0) is 0 Å². The van der Waals surface area contributed by atoms with Gasteiger partial charge in [-0.3, -0.25) is 19.2 Å². The molecule has 53 heavy (non-hydrogen) atoms. The van der Waals surface area contributed by atoms with Gasteiger partial charge < -0.3 is 21.3 Å². The molecule has 6 aromatic rings. The SMILES string of the molecule is NCCCN(CCCNC(=O)c1cccc2cc3c(nc12)-c1ccccc1C3=O)CCCNC(=O)c1cccc2cc3c(nc12)-c1ccccc1C3=O. The first-order valence-electron chi connectivity index (χ1n) is 18.1. The quantitative estimate of drug-likeness (QED) is 0.128. The highest BCUT2D eigenvalue weighted by Gasteiger charge is 2.30. The molecule has 10 heteroatoms. The van der Waals surface area contributed by atoms with Crippen molar-refractivity contribution >= 4 is 45.2 Å². The van der Waals surface area contributed by atoms with E-state index in [2.05, 4.69) is 15.5 Å². The molecule has 2 aliphatic rings. The van der Waals surface area contributed by atoms with E-state index in [-0.39, 0.29) is 23.4 Å². The summed E-state index contributed by atoms with van der Waals surface area (Å²) in [7, 11) is 0. The van der Waals surface area contributed by atoms with Crippen molar-refractivity contribution in [3.8, 4) is 22.5 Å². The summed E-state index contributed by atoms with van der Waals surface area (Å²) in [5.41, 5.74) is 13.1. The standard InChI is InChI=1S/C43H38N6O4/c44-18-7-21-49(22-8-19-45-42(52)32-16-5-10-26-24-34-38(47-36(26)32)28-12-1-3-14-30(28)40(34)50)23-9-20-46-43(53)33-17-6-11-27-25-35-39(48-37(27)33)29-13-2-4-15-31(29)41(35)51/h1-6,10-17,24-25H,7-9,18-23,44H2,(H,45,52)(H,46,53). The molecule has 0 saturated carbocycles. The molecular formula is C43H38N6O4.